The maximum absolute atomic E-state index is 12.3. The van der Waals surface area contributed by atoms with E-state index >= 15 is 0 Å². The van der Waals surface area contributed by atoms with E-state index in [-0.39, 0.29) is 17.0 Å². The van der Waals surface area contributed by atoms with Gasteiger partial charge in [0.15, 0.2) is 0 Å². The van der Waals surface area contributed by atoms with E-state index in [0.29, 0.717) is 31.0 Å². The number of nitrogens with zero attached hydrogens (tertiary/aromatic N) is 2. The molecule has 0 saturated heterocycles. The summed E-state index contributed by atoms with van der Waals surface area (Å²) in [7, 11) is 0. The van der Waals surface area contributed by atoms with Gasteiger partial charge >= 0.3 is 0 Å². The highest BCUT2D eigenvalue weighted by atomic mass is 16.5. The lowest BCUT2D eigenvalue weighted by atomic mass is 10.1. The van der Waals surface area contributed by atoms with E-state index in [1.54, 1.807) is 22.8 Å². The second-order valence-corrected chi connectivity index (χ2v) is 5.67. The summed E-state index contributed by atoms with van der Waals surface area (Å²) >= 11 is 0. The van der Waals surface area contributed by atoms with E-state index in [9.17, 15) is 4.79 Å². The third-order valence-corrected chi connectivity index (χ3v) is 3.57. The zero-order chi connectivity index (χ0) is 16.8. The van der Waals surface area contributed by atoms with Crippen molar-refractivity contribution >= 4 is 5.69 Å². The summed E-state index contributed by atoms with van der Waals surface area (Å²) < 4.78 is 7.32. The summed E-state index contributed by atoms with van der Waals surface area (Å²) in [5.41, 5.74) is 7.23. The van der Waals surface area contributed by atoms with Crippen molar-refractivity contribution in [2.24, 2.45) is 0 Å². The number of ether oxygens (including phenoxy) is 1. The zero-order valence-electron chi connectivity index (χ0n) is 13.5. The van der Waals surface area contributed by atoms with Crippen LogP contribution in [-0.4, -0.2) is 11.2 Å². The Kier molecular flexibility index (Phi) is 5.42. The minimum Gasteiger partial charge on any atom is -0.493 e. The molecule has 0 spiro atoms. The number of nitrogen functional groups attached to an aromatic ring is 1. The first-order valence-electron chi connectivity index (χ1n) is 7.65. The van der Waals surface area contributed by atoms with Crippen molar-refractivity contribution in [1.82, 2.24) is 4.57 Å². The predicted molar refractivity (Wildman–Crippen MR) is 90.5 cm³/mol. The van der Waals surface area contributed by atoms with Crippen LogP contribution < -0.4 is 16.0 Å². The highest BCUT2D eigenvalue weighted by Crippen LogP contribution is 2.16. The lowest BCUT2D eigenvalue weighted by Crippen LogP contribution is -2.27. The minimum atomic E-state index is -0.234. The number of anilines is 1. The molecule has 0 unspecified atom stereocenters. The normalized spacial score (nSPS) is 10.5. The van der Waals surface area contributed by atoms with E-state index < -0.39 is 0 Å². The average molecular weight is 311 g/mol. The molecule has 0 aliphatic carbocycles. The van der Waals surface area contributed by atoms with Gasteiger partial charge in [-0.25, -0.2) is 0 Å². The van der Waals surface area contributed by atoms with Crippen molar-refractivity contribution in [3.63, 3.8) is 0 Å². The van der Waals surface area contributed by atoms with Crippen molar-refractivity contribution < 1.29 is 4.74 Å². The van der Waals surface area contributed by atoms with Gasteiger partial charge in [0.05, 0.1) is 6.61 Å². The Morgan fingerprint density at radius 1 is 1.30 bits per heavy atom. The zero-order valence-corrected chi connectivity index (χ0v) is 13.5. The van der Waals surface area contributed by atoms with Crippen molar-refractivity contribution in [3.05, 3.63) is 58.0 Å². The molecule has 5 nitrogen and oxygen atoms in total. The van der Waals surface area contributed by atoms with Gasteiger partial charge < -0.3 is 15.0 Å². The Bertz CT molecular complexity index is 773. The number of rotatable bonds is 6. The number of nitrogens with two attached hydrogens (primary N) is 1. The van der Waals surface area contributed by atoms with Gasteiger partial charge in [0.2, 0.25) is 0 Å². The molecule has 0 bridgehead atoms. The smallest absolute Gasteiger partial charge is 0.268 e. The molecule has 0 saturated carbocycles. The Balaban J connectivity index is 2.05. The van der Waals surface area contributed by atoms with E-state index in [0.717, 1.165) is 5.69 Å². The van der Waals surface area contributed by atoms with E-state index in [1.165, 1.54) is 0 Å². The SMILES string of the molecule is CC(C)c1ccc(C#N)c(=O)n1CCCOc1cccc(N)c1. The van der Waals surface area contributed by atoms with Gasteiger partial charge in [-0.05, 0) is 36.6 Å². The quantitative estimate of drug-likeness (QED) is 0.657. The van der Waals surface area contributed by atoms with Gasteiger partial charge in [0, 0.05) is 24.0 Å². The first kappa shape index (κ1) is 16.6. The molecule has 120 valence electrons. The molecule has 1 aromatic carbocycles. The van der Waals surface area contributed by atoms with Crippen LogP contribution in [0, 0.1) is 11.3 Å². The van der Waals surface area contributed by atoms with Crippen LogP contribution in [0.2, 0.25) is 0 Å². The molecule has 0 amide bonds. The molecular formula is C18H21N3O2. The highest BCUT2D eigenvalue weighted by molar-refractivity contribution is 5.43. The number of hydrogen-bond donors (Lipinski definition) is 1. The molecule has 0 aliphatic heterocycles. The van der Waals surface area contributed by atoms with Gasteiger partial charge in [-0.15, -0.1) is 0 Å². The molecule has 0 atom stereocenters. The third kappa shape index (κ3) is 4.13. The standard InChI is InChI=1S/C18H21N3O2/c1-13(2)17-8-7-14(12-19)18(22)21(17)9-4-10-23-16-6-3-5-15(20)11-16/h3,5-8,11,13H,4,9-10,20H2,1-2H3. The average Bonchev–Trinajstić information content (AvgIpc) is 2.52. The first-order valence-corrected chi connectivity index (χ1v) is 7.65. The minimum absolute atomic E-state index is 0.172. The largest absolute Gasteiger partial charge is 0.493 e. The van der Waals surface area contributed by atoms with Gasteiger partial charge in [-0.2, -0.15) is 5.26 Å². The predicted octanol–water partition coefficient (Wildman–Crippen LogP) is 2.89. The van der Waals surface area contributed by atoms with Gasteiger partial charge in [-0.3, -0.25) is 4.79 Å². The Morgan fingerprint density at radius 2 is 2.09 bits per heavy atom. The molecule has 2 N–H and O–H groups in total. The summed E-state index contributed by atoms with van der Waals surface area (Å²) in [6, 6.07) is 12.6. The number of pyridine rings is 1. The van der Waals surface area contributed by atoms with Crippen molar-refractivity contribution in [1.29, 1.82) is 5.26 Å². The molecular weight excluding hydrogens is 290 g/mol. The summed E-state index contributed by atoms with van der Waals surface area (Å²) in [5, 5.41) is 9.02. The molecule has 2 aromatic rings. The fourth-order valence-corrected chi connectivity index (χ4v) is 2.43. The van der Waals surface area contributed by atoms with Crippen LogP contribution in [0.3, 0.4) is 0 Å². The molecule has 23 heavy (non-hydrogen) atoms. The summed E-state index contributed by atoms with van der Waals surface area (Å²) in [6.45, 7) is 5.05. The van der Waals surface area contributed by atoms with E-state index in [2.05, 4.69) is 0 Å². The lowest BCUT2D eigenvalue weighted by molar-refractivity contribution is 0.300. The molecule has 2 rings (SSSR count). The van der Waals surface area contributed by atoms with E-state index in [4.69, 9.17) is 15.7 Å². The van der Waals surface area contributed by atoms with Crippen LogP contribution in [0.1, 0.15) is 37.4 Å². The fraction of sp³-hybridized carbons (Fsp3) is 0.333. The van der Waals surface area contributed by atoms with Gasteiger partial charge in [0.25, 0.3) is 5.56 Å². The van der Waals surface area contributed by atoms with Crippen LogP contribution >= 0.6 is 0 Å². The number of aromatic nitrogens is 1. The monoisotopic (exact) mass is 311 g/mol. The number of nitriles is 1. The van der Waals surface area contributed by atoms with Crippen LogP contribution in [-0.2, 0) is 6.54 Å². The first-order chi connectivity index (χ1) is 11.0. The Morgan fingerprint density at radius 3 is 2.74 bits per heavy atom. The lowest BCUT2D eigenvalue weighted by Gasteiger charge is -2.16. The van der Waals surface area contributed by atoms with Gasteiger partial charge in [0.1, 0.15) is 17.4 Å². The summed E-state index contributed by atoms with van der Waals surface area (Å²) in [6.07, 6.45) is 0.670. The van der Waals surface area contributed by atoms with Crippen LogP contribution in [0.4, 0.5) is 5.69 Å². The maximum Gasteiger partial charge on any atom is 0.268 e. The van der Waals surface area contributed by atoms with Crippen LogP contribution in [0.15, 0.2) is 41.2 Å². The third-order valence-electron chi connectivity index (χ3n) is 3.57. The maximum atomic E-state index is 12.3. The number of hydrogen-bond acceptors (Lipinski definition) is 4. The molecule has 1 heterocycles. The second kappa shape index (κ2) is 7.50. The van der Waals surface area contributed by atoms with Crippen molar-refractivity contribution in [2.45, 2.75) is 32.7 Å². The molecule has 0 radical (unpaired) electrons. The second-order valence-electron chi connectivity index (χ2n) is 5.67. The Labute approximate surface area is 135 Å². The van der Waals surface area contributed by atoms with Crippen LogP contribution in [0.5, 0.6) is 5.75 Å². The van der Waals surface area contributed by atoms with Gasteiger partial charge in [-0.1, -0.05) is 19.9 Å². The molecule has 0 aliphatic rings. The highest BCUT2D eigenvalue weighted by Gasteiger charge is 2.11. The van der Waals surface area contributed by atoms with Crippen molar-refractivity contribution in [3.8, 4) is 11.8 Å². The summed E-state index contributed by atoms with van der Waals surface area (Å²) in [4.78, 5) is 12.3. The molecule has 5 heteroatoms. The van der Waals surface area contributed by atoms with Crippen molar-refractivity contribution in [2.75, 3.05) is 12.3 Å². The molecule has 0 fully saturated rings. The number of benzene rings is 1. The fourth-order valence-electron chi connectivity index (χ4n) is 2.43. The van der Waals surface area contributed by atoms with E-state index in [1.807, 2.05) is 38.1 Å². The molecule has 1 aromatic heterocycles. The topological polar surface area (TPSA) is 81.0 Å². The van der Waals surface area contributed by atoms with Crippen LogP contribution in [0.25, 0.3) is 0 Å². The summed E-state index contributed by atoms with van der Waals surface area (Å²) in [5.74, 6) is 0.928. The Hall–Kier alpha value is -2.74.